The van der Waals surface area contributed by atoms with Crippen molar-refractivity contribution in [3.05, 3.63) is 28.5 Å². The van der Waals surface area contributed by atoms with Crippen molar-refractivity contribution < 1.29 is 13.9 Å². The Kier molecular flexibility index (Phi) is 3.05. The van der Waals surface area contributed by atoms with Gasteiger partial charge in [0.2, 0.25) is 0 Å². The molecule has 0 saturated heterocycles. The van der Waals surface area contributed by atoms with E-state index in [1.54, 1.807) is 6.07 Å². The van der Waals surface area contributed by atoms with Gasteiger partial charge in [0.25, 0.3) is 0 Å². The third kappa shape index (κ3) is 2.78. The van der Waals surface area contributed by atoms with E-state index in [9.17, 15) is 9.18 Å². The van der Waals surface area contributed by atoms with Crippen LogP contribution in [0.2, 0.25) is 0 Å². The Hall–Kier alpha value is -0.900. The maximum Gasteiger partial charge on any atom is 0.173 e. The molecule has 0 aromatic heterocycles. The van der Waals surface area contributed by atoms with Gasteiger partial charge in [-0.3, -0.25) is 4.79 Å². The number of carbonyl (C=O) groups excluding carboxylic acids is 1. The SMILES string of the molecule is O=C(COc1ccc(Br)cc1F)C1CC1. The van der Waals surface area contributed by atoms with Gasteiger partial charge in [-0.25, -0.2) is 4.39 Å². The molecule has 0 aliphatic heterocycles. The molecule has 0 unspecified atom stereocenters. The Morgan fingerprint density at radius 2 is 2.27 bits per heavy atom. The lowest BCUT2D eigenvalue weighted by Gasteiger charge is -2.05. The number of benzene rings is 1. The molecule has 1 aromatic carbocycles. The lowest BCUT2D eigenvalue weighted by atomic mass is 10.3. The minimum absolute atomic E-state index is 0.0246. The van der Waals surface area contributed by atoms with Gasteiger partial charge in [-0.05, 0) is 31.0 Å². The third-order valence-electron chi connectivity index (χ3n) is 2.30. The molecule has 2 rings (SSSR count). The van der Waals surface area contributed by atoms with E-state index in [4.69, 9.17) is 4.74 Å². The lowest BCUT2D eigenvalue weighted by Crippen LogP contribution is -2.13. The maximum absolute atomic E-state index is 13.3. The summed E-state index contributed by atoms with van der Waals surface area (Å²) < 4.78 is 19.0. The number of hydrogen-bond donors (Lipinski definition) is 0. The Labute approximate surface area is 95.6 Å². The lowest BCUT2D eigenvalue weighted by molar-refractivity contribution is -0.122. The van der Waals surface area contributed by atoms with Gasteiger partial charge < -0.3 is 4.74 Å². The minimum atomic E-state index is -0.451. The normalized spacial score (nSPS) is 15.1. The van der Waals surface area contributed by atoms with Crippen molar-refractivity contribution >= 4 is 21.7 Å². The number of halogens is 2. The number of ether oxygens (including phenoxy) is 1. The molecule has 15 heavy (non-hydrogen) atoms. The highest BCUT2D eigenvalue weighted by molar-refractivity contribution is 9.10. The number of ketones is 1. The van der Waals surface area contributed by atoms with E-state index in [1.807, 2.05) is 0 Å². The van der Waals surface area contributed by atoms with Gasteiger partial charge in [0, 0.05) is 10.4 Å². The predicted molar refractivity (Wildman–Crippen MR) is 57.3 cm³/mol. The maximum atomic E-state index is 13.3. The first kappa shape index (κ1) is 10.6. The van der Waals surface area contributed by atoms with Crippen LogP contribution in [0.4, 0.5) is 4.39 Å². The average Bonchev–Trinajstić information content (AvgIpc) is 2.99. The van der Waals surface area contributed by atoms with Crippen molar-refractivity contribution in [2.45, 2.75) is 12.8 Å². The van der Waals surface area contributed by atoms with Crippen molar-refractivity contribution in [1.29, 1.82) is 0 Å². The van der Waals surface area contributed by atoms with Crippen LogP contribution in [0.15, 0.2) is 22.7 Å². The summed E-state index contributed by atoms with van der Waals surface area (Å²) in [6.45, 7) is -0.0246. The molecular weight excluding hydrogens is 263 g/mol. The second-order valence-corrected chi connectivity index (χ2v) is 4.52. The largest absolute Gasteiger partial charge is 0.483 e. The summed E-state index contributed by atoms with van der Waals surface area (Å²) in [5.41, 5.74) is 0. The molecule has 0 N–H and O–H groups in total. The topological polar surface area (TPSA) is 26.3 Å². The van der Waals surface area contributed by atoms with E-state index in [0.717, 1.165) is 12.8 Å². The summed E-state index contributed by atoms with van der Waals surface area (Å²) in [4.78, 5) is 11.3. The van der Waals surface area contributed by atoms with Crippen molar-refractivity contribution in [1.82, 2.24) is 0 Å². The third-order valence-corrected chi connectivity index (χ3v) is 2.79. The van der Waals surface area contributed by atoms with Crippen LogP contribution >= 0.6 is 15.9 Å². The van der Waals surface area contributed by atoms with E-state index in [-0.39, 0.29) is 24.1 Å². The van der Waals surface area contributed by atoms with E-state index >= 15 is 0 Å². The molecule has 0 spiro atoms. The monoisotopic (exact) mass is 272 g/mol. The van der Waals surface area contributed by atoms with E-state index in [2.05, 4.69) is 15.9 Å². The van der Waals surface area contributed by atoms with Crippen LogP contribution in [0, 0.1) is 11.7 Å². The molecule has 0 radical (unpaired) electrons. The molecule has 1 aromatic rings. The number of rotatable bonds is 4. The Bertz CT molecular complexity index is 388. The van der Waals surface area contributed by atoms with Gasteiger partial charge >= 0.3 is 0 Å². The summed E-state index contributed by atoms with van der Waals surface area (Å²) in [7, 11) is 0. The molecule has 0 heterocycles. The highest BCUT2D eigenvalue weighted by Gasteiger charge is 2.29. The molecule has 1 fully saturated rings. The quantitative estimate of drug-likeness (QED) is 0.843. The van der Waals surface area contributed by atoms with Gasteiger partial charge in [0.1, 0.15) is 6.61 Å². The fourth-order valence-corrected chi connectivity index (χ4v) is 1.60. The van der Waals surface area contributed by atoms with Gasteiger partial charge in [0.15, 0.2) is 17.3 Å². The summed E-state index contributed by atoms with van der Waals surface area (Å²) in [6, 6.07) is 4.51. The van der Waals surface area contributed by atoms with Gasteiger partial charge in [-0.2, -0.15) is 0 Å². The number of hydrogen-bond acceptors (Lipinski definition) is 2. The first-order chi connectivity index (χ1) is 7.16. The van der Waals surface area contributed by atoms with Crippen LogP contribution in [0.3, 0.4) is 0 Å². The average molecular weight is 273 g/mol. The van der Waals surface area contributed by atoms with Crippen LogP contribution in [-0.2, 0) is 4.79 Å². The number of Topliss-reactive ketones (excluding diaryl/α,β-unsaturated/α-hetero) is 1. The zero-order valence-electron chi connectivity index (χ0n) is 8.00. The molecule has 1 aliphatic rings. The van der Waals surface area contributed by atoms with Crippen molar-refractivity contribution in [3.63, 3.8) is 0 Å². The van der Waals surface area contributed by atoms with Crippen LogP contribution in [0.1, 0.15) is 12.8 Å². The standard InChI is InChI=1S/C11H10BrFO2/c12-8-3-4-11(9(13)5-8)15-6-10(14)7-1-2-7/h3-5,7H,1-2,6H2. The van der Waals surface area contributed by atoms with Crippen molar-refractivity contribution in [2.24, 2.45) is 5.92 Å². The van der Waals surface area contributed by atoms with Crippen LogP contribution in [-0.4, -0.2) is 12.4 Å². The predicted octanol–water partition coefficient (Wildman–Crippen LogP) is 2.95. The zero-order valence-corrected chi connectivity index (χ0v) is 9.59. The van der Waals surface area contributed by atoms with Crippen LogP contribution in [0.5, 0.6) is 5.75 Å². The molecule has 80 valence electrons. The molecular formula is C11H10BrFO2. The smallest absolute Gasteiger partial charge is 0.173 e. The summed E-state index contributed by atoms with van der Waals surface area (Å²) in [5.74, 6) is -0.0963. The molecule has 2 nitrogen and oxygen atoms in total. The van der Waals surface area contributed by atoms with Crippen LogP contribution in [0.25, 0.3) is 0 Å². The fraction of sp³-hybridized carbons (Fsp3) is 0.364. The second kappa shape index (κ2) is 4.31. The summed E-state index contributed by atoms with van der Waals surface area (Å²) >= 11 is 3.15. The van der Waals surface area contributed by atoms with Crippen molar-refractivity contribution in [2.75, 3.05) is 6.61 Å². The molecule has 4 heteroatoms. The molecule has 1 aliphatic carbocycles. The van der Waals surface area contributed by atoms with Gasteiger partial charge in [0.05, 0.1) is 0 Å². The Morgan fingerprint density at radius 3 is 2.87 bits per heavy atom. The highest BCUT2D eigenvalue weighted by Crippen LogP contribution is 2.30. The van der Waals surface area contributed by atoms with E-state index in [0.29, 0.717) is 4.47 Å². The molecule has 0 atom stereocenters. The highest BCUT2D eigenvalue weighted by atomic mass is 79.9. The van der Waals surface area contributed by atoms with Gasteiger partial charge in [-0.15, -0.1) is 0 Å². The van der Waals surface area contributed by atoms with E-state index in [1.165, 1.54) is 12.1 Å². The molecule has 0 amide bonds. The second-order valence-electron chi connectivity index (χ2n) is 3.60. The zero-order chi connectivity index (χ0) is 10.8. The minimum Gasteiger partial charge on any atom is -0.483 e. The van der Waals surface area contributed by atoms with Gasteiger partial charge in [-0.1, -0.05) is 15.9 Å². The van der Waals surface area contributed by atoms with Crippen molar-refractivity contribution in [3.8, 4) is 5.75 Å². The van der Waals surface area contributed by atoms with Crippen LogP contribution < -0.4 is 4.74 Å². The summed E-state index contributed by atoms with van der Waals surface area (Å²) in [5, 5.41) is 0. The van der Waals surface area contributed by atoms with E-state index < -0.39 is 5.82 Å². The first-order valence-corrected chi connectivity index (χ1v) is 5.56. The number of carbonyl (C=O) groups is 1. The molecule has 1 saturated carbocycles. The molecule has 0 bridgehead atoms. The Morgan fingerprint density at radius 1 is 1.53 bits per heavy atom. The summed E-state index contributed by atoms with van der Waals surface area (Å²) in [6.07, 6.45) is 1.90. The first-order valence-electron chi connectivity index (χ1n) is 4.77. The Balaban J connectivity index is 1.95. The fourth-order valence-electron chi connectivity index (χ4n) is 1.26.